The second-order valence-corrected chi connectivity index (χ2v) is 3.75. The van der Waals surface area contributed by atoms with Gasteiger partial charge in [0.05, 0.1) is 12.0 Å². The lowest BCUT2D eigenvalue weighted by Gasteiger charge is -2.11. The van der Waals surface area contributed by atoms with E-state index >= 15 is 0 Å². The van der Waals surface area contributed by atoms with Gasteiger partial charge in [0, 0.05) is 18.0 Å². The number of hydrogen-bond donors (Lipinski definition) is 1. The van der Waals surface area contributed by atoms with Crippen LogP contribution in [0.5, 0.6) is 0 Å². The molecule has 76 valence electrons. The lowest BCUT2D eigenvalue weighted by Crippen LogP contribution is -2.13. The minimum atomic E-state index is 0.405. The first-order valence-electron chi connectivity index (χ1n) is 4.58. The molecule has 0 atom stereocenters. The zero-order valence-corrected chi connectivity index (χ0v) is 9.16. The smallest absolute Gasteiger partial charge is 0.106 e. The van der Waals surface area contributed by atoms with Crippen LogP contribution in [-0.4, -0.2) is 14.5 Å². The van der Waals surface area contributed by atoms with Gasteiger partial charge in [-0.05, 0) is 18.6 Å². The molecule has 1 heterocycles. The lowest BCUT2D eigenvalue weighted by molar-refractivity contribution is 1.04. The van der Waals surface area contributed by atoms with E-state index in [0.717, 1.165) is 16.8 Å². The highest BCUT2D eigenvalue weighted by Crippen LogP contribution is 2.18. The van der Waals surface area contributed by atoms with Crippen molar-refractivity contribution in [3.8, 4) is 5.69 Å². The van der Waals surface area contributed by atoms with E-state index in [1.165, 1.54) is 0 Å². The summed E-state index contributed by atoms with van der Waals surface area (Å²) < 4.78 is 1.92. The fourth-order valence-corrected chi connectivity index (χ4v) is 1.76. The van der Waals surface area contributed by atoms with E-state index in [-0.39, 0.29) is 0 Å². The van der Waals surface area contributed by atoms with Crippen molar-refractivity contribution in [3.05, 3.63) is 48.0 Å². The Balaban J connectivity index is 2.68. The van der Waals surface area contributed by atoms with Gasteiger partial charge in [-0.3, -0.25) is 0 Å². The van der Waals surface area contributed by atoms with Gasteiger partial charge in [0.25, 0.3) is 0 Å². The number of para-hydroxylation sites is 1. The molecule has 0 saturated heterocycles. The van der Waals surface area contributed by atoms with E-state index in [9.17, 15) is 0 Å². The van der Waals surface area contributed by atoms with E-state index in [1.807, 2.05) is 35.9 Å². The van der Waals surface area contributed by atoms with Crippen LogP contribution >= 0.6 is 12.2 Å². The number of aromatic nitrogens is 2. The van der Waals surface area contributed by atoms with Gasteiger partial charge in [-0.2, -0.15) is 0 Å². The lowest BCUT2D eigenvalue weighted by atomic mass is 10.1. The molecule has 0 amide bonds. The molecule has 2 rings (SSSR count). The van der Waals surface area contributed by atoms with Crippen molar-refractivity contribution in [1.82, 2.24) is 9.55 Å². The Hall–Kier alpha value is -1.68. The number of nitrogens with two attached hydrogens (primary N) is 1. The van der Waals surface area contributed by atoms with Crippen LogP contribution in [0.25, 0.3) is 5.69 Å². The topological polar surface area (TPSA) is 43.8 Å². The van der Waals surface area contributed by atoms with Crippen LogP contribution in [0.1, 0.15) is 11.1 Å². The number of benzene rings is 1. The van der Waals surface area contributed by atoms with Crippen molar-refractivity contribution < 1.29 is 0 Å². The van der Waals surface area contributed by atoms with Crippen LogP contribution in [0.4, 0.5) is 0 Å². The molecule has 2 aromatic rings. The molecule has 0 unspecified atom stereocenters. The van der Waals surface area contributed by atoms with Crippen molar-refractivity contribution in [2.75, 3.05) is 0 Å². The summed E-state index contributed by atoms with van der Waals surface area (Å²) in [7, 11) is 0. The molecule has 0 aliphatic carbocycles. The predicted molar refractivity (Wildman–Crippen MR) is 64.2 cm³/mol. The van der Waals surface area contributed by atoms with Crippen LogP contribution in [0.2, 0.25) is 0 Å². The fraction of sp³-hybridized carbons (Fsp3) is 0.0909. The molecule has 0 saturated carbocycles. The minimum Gasteiger partial charge on any atom is -0.389 e. The first-order chi connectivity index (χ1) is 7.20. The Morgan fingerprint density at radius 2 is 2.27 bits per heavy atom. The van der Waals surface area contributed by atoms with Crippen LogP contribution < -0.4 is 5.73 Å². The molecule has 0 aliphatic rings. The monoisotopic (exact) mass is 217 g/mol. The number of imidazole rings is 1. The van der Waals surface area contributed by atoms with E-state index in [1.54, 1.807) is 12.5 Å². The van der Waals surface area contributed by atoms with Crippen LogP contribution in [0.15, 0.2) is 36.9 Å². The van der Waals surface area contributed by atoms with Gasteiger partial charge < -0.3 is 10.3 Å². The molecular formula is C11H11N3S. The van der Waals surface area contributed by atoms with Gasteiger partial charge in [-0.15, -0.1) is 0 Å². The van der Waals surface area contributed by atoms with Gasteiger partial charge in [0.15, 0.2) is 0 Å². The first-order valence-corrected chi connectivity index (χ1v) is 4.98. The standard InChI is InChI=1S/C11H11N3S/c1-8-3-2-4-9(11(12)15)10(8)14-6-5-13-7-14/h2-7H,1H3,(H2,12,15). The Bertz CT molecular complexity index is 489. The van der Waals surface area contributed by atoms with E-state index in [0.29, 0.717) is 4.99 Å². The molecule has 0 fully saturated rings. The minimum absolute atomic E-state index is 0.405. The largest absolute Gasteiger partial charge is 0.389 e. The molecule has 0 radical (unpaired) electrons. The van der Waals surface area contributed by atoms with Crippen molar-refractivity contribution in [3.63, 3.8) is 0 Å². The molecular weight excluding hydrogens is 206 g/mol. The summed E-state index contributed by atoms with van der Waals surface area (Å²) in [5.74, 6) is 0. The van der Waals surface area contributed by atoms with Gasteiger partial charge in [-0.1, -0.05) is 24.4 Å². The summed E-state index contributed by atoms with van der Waals surface area (Å²) in [6.45, 7) is 2.02. The number of rotatable bonds is 2. The summed E-state index contributed by atoms with van der Waals surface area (Å²) >= 11 is 5.03. The molecule has 4 heteroatoms. The Morgan fingerprint density at radius 3 is 2.87 bits per heavy atom. The quantitative estimate of drug-likeness (QED) is 0.780. The van der Waals surface area contributed by atoms with E-state index in [2.05, 4.69) is 4.98 Å². The summed E-state index contributed by atoms with van der Waals surface area (Å²) in [6.07, 6.45) is 5.35. The van der Waals surface area contributed by atoms with Crippen molar-refractivity contribution in [1.29, 1.82) is 0 Å². The fourth-order valence-electron chi connectivity index (χ4n) is 1.59. The predicted octanol–water partition coefficient (Wildman–Crippen LogP) is 1.81. The van der Waals surface area contributed by atoms with Crippen molar-refractivity contribution >= 4 is 17.2 Å². The number of thiocarbonyl (C=S) groups is 1. The normalized spacial score (nSPS) is 10.2. The molecule has 15 heavy (non-hydrogen) atoms. The summed E-state index contributed by atoms with van der Waals surface area (Å²) in [5, 5.41) is 0. The van der Waals surface area contributed by atoms with E-state index < -0.39 is 0 Å². The van der Waals surface area contributed by atoms with Crippen LogP contribution in [0.3, 0.4) is 0 Å². The zero-order valence-electron chi connectivity index (χ0n) is 8.34. The summed E-state index contributed by atoms with van der Waals surface area (Å²) in [6, 6.07) is 5.89. The third-order valence-electron chi connectivity index (χ3n) is 2.27. The van der Waals surface area contributed by atoms with Crippen molar-refractivity contribution in [2.24, 2.45) is 5.73 Å². The Kier molecular flexibility index (Phi) is 2.51. The molecule has 0 aliphatic heterocycles. The number of hydrogen-bond acceptors (Lipinski definition) is 2. The maximum Gasteiger partial charge on any atom is 0.106 e. The number of nitrogens with zero attached hydrogens (tertiary/aromatic N) is 2. The highest BCUT2D eigenvalue weighted by Gasteiger charge is 2.08. The highest BCUT2D eigenvalue weighted by atomic mass is 32.1. The SMILES string of the molecule is Cc1cccc(C(N)=S)c1-n1ccnc1. The highest BCUT2D eigenvalue weighted by molar-refractivity contribution is 7.80. The molecule has 2 N–H and O–H groups in total. The second kappa shape index (κ2) is 3.82. The third kappa shape index (κ3) is 1.76. The molecule has 3 nitrogen and oxygen atoms in total. The van der Waals surface area contributed by atoms with Gasteiger partial charge >= 0.3 is 0 Å². The van der Waals surface area contributed by atoms with Gasteiger partial charge in [0.1, 0.15) is 4.99 Å². The van der Waals surface area contributed by atoms with E-state index in [4.69, 9.17) is 18.0 Å². The van der Waals surface area contributed by atoms with Gasteiger partial charge in [-0.25, -0.2) is 4.98 Å². The van der Waals surface area contributed by atoms with Crippen LogP contribution in [-0.2, 0) is 0 Å². The first kappa shape index (κ1) is 9.86. The van der Waals surface area contributed by atoms with Crippen molar-refractivity contribution in [2.45, 2.75) is 6.92 Å². The maximum absolute atomic E-state index is 5.69. The average Bonchev–Trinajstić information content (AvgIpc) is 2.70. The molecule has 1 aromatic carbocycles. The zero-order chi connectivity index (χ0) is 10.8. The van der Waals surface area contributed by atoms with Gasteiger partial charge in [0.2, 0.25) is 0 Å². The Morgan fingerprint density at radius 1 is 1.47 bits per heavy atom. The Labute approximate surface area is 93.6 Å². The molecule has 0 spiro atoms. The molecule has 1 aromatic heterocycles. The average molecular weight is 217 g/mol. The summed E-state index contributed by atoms with van der Waals surface area (Å²) in [4.78, 5) is 4.42. The van der Waals surface area contributed by atoms with Crippen LogP contribution in [0, 0.1) is 6.92 Å². The molecule has 0 bridgehead atoms. The maximum atomic E-state index is 5.69. The second-order valence-electron chi connectivity index (χ2n) is 3.31. The third-order valence-corrected chi connectivity index (χ3v) is 2.49. The summed E-state index contributed by atoms with van der Waals surface area (Å²) in [5.41, 5.74) is 8.69. The number of aryl methyl sites for hydroxylation is 1.